The van der Waals surface area contributed by atoms with Gasteiger partial charge in [0.15, 0.2) is 0 Å². The molecule has 0 unspecified atom stereocenters. The molecule has 0 heterocycles. The van der Waals surface area contributed by atoms with E-state index in [-0.39, 0.29) is 5.82 Å². The summed E-state index contributed by atoms with van der Waals surface area (Å²) in [5.74, 6) is -0.786. The molecule has 0 spiro atoms. The van der Waals surface area contributed by atoms with Crippen LogP contribution in [0, 0.1) is 5.82 Å². The first-order valence-electron chi connectivity index (χ1n) is 5.50. The van der Waals surface area contributed by atoms with Crippen molar-refractivity contribution >= 4 is 23.7 Å². The fraction of sp³-hybridized carbons (Fsp3) is 0. The number of hydrogen-bond acceptors (Lipinski definition) is 2. The van der Waals surface area contributed by atoms with E-state index in [1.54, 1.807) is 24.3 Å². The van der Waals surface area contributed by atoms with Crippen LogP contribution >= 0.6 is 11.6 Å². The normalized spacial score (nSPS) is 10.6. The summed E-state index contributed by atoms with van der Waals surface area (Å²) in [5.41, 5.74) is 3.51. The van der Waals surface area contributed by atoms with Gasteiger partial charge in [0, 0.05) is 10.6 Å². The summed E-state index contributed by atoms with van der Waals surface area (Å²) >= 11 is 5.74. The van der Waals surface area contributed by atoms with Crippen molar-refractivity contribution in [2.24, 2.45) is 5.10 Å². The highest BCUT2D eigenvalue weighted by atomic mass is 35.5. The molecule has 2 aromatic carbocycles. The summed E-state index contributed by atoms with van der Waals surface area (Å²) in [5, 5.41) is 4.44. The van der Waals surface area contributed by atoms with Gasteiger partial charge in [-0.25, -0.2) is 9.82 Å². The van der Waals surface area contributed by atoms with Crippen molar-refractivity contribution in [1.82, 2.24) is 5.43 Å². The summed E-state index contributed by atoms with van der Waals surface area (Å²) in [4.78, 5) is 11.6. The summed E-state index contributed by atoms with van der Waals surface area (Å²) in [6.07, 6.45) is 1.50. The molecular weight excluding hydrogens is 267 g/mol. The molecule has 0 aliphatic heterocycles. The van der Waals surface area contributed by atoms with Gasteiger partial charge in [-0.2, -0.15) is 5.10 Å². The number of carbonyl (C=O) groups excluding carboxylic acids is 1. The van der Waals surface area contributed by atoms with Gasteiger partial charge in [-0.1, -0.05) is 23.7 Å². The third kappa shape index (κ3) is 3.89. The predicted octanol–water partition coefficient (Wildman–Crippen LogP) is 3.24. The quantitative estimate of drug-likeness (QED) is 0.679. The number of nitrogens with zero attached hydrogens (tertiary/aromatic N) is 1. The Bertz CT molecular complexity index is 594. The third-order valence-electron chi connectivity index (χ3n) is 2.36. The van der Waals surface area contributed by atoms with Crippen molar-refractivity contribution in [2.75, 3.05) is 0 Å². The van der Waals surface area contributed by atoms with Crippen molar-refractivity contribution in [3.63, 3.8) is 0 Å². The standard InChI is InChI=1S/C14H10ClFN2O/c15-12-5-1-10(2-6-12)9-17-18-14(19)11-3-7-13(16)8-4-11/h1-9H,(H,18,19). The van der Waals surface area contributed by atoms with Gasteiger partial charge in [-0.15, -0.1) is 0 Å². The number of rotatable bonds is 3. The van der Waals surface area contributed by atoms with E-state index in [9.17, 15) is 9.18 Å². The molecule has 0 radical (unpaired) electrons. The number of carbonyl (C=O) groups is 1. The number of hydrazone groups is 1. The fourth-order valence-electron chi connectivity index (χ4n) is 1.38. The van der Waals surface area contributed by atoms with Crippen molar-refractivity contribution < 1.29 is 9.18 Å². The molecule has 3 nitrogen and oxygen atoms in total. The van der Waals surface area contributed by atoms with E-state index in [0.29, 0.717) is 10.6 Å². The molecule has 19 heavy (non-hydrogen) atoms. The lowest BCUT2D eigenvalue weighted by molar-refractivity contribution is 0.0955. The van der Waals surface area contributed by atoms with Gasteiger partial charge >= 0.3 is 0 Å². The minimum atomic E-state index is -0.398. The van der Waals surface area contributed by atoms with Crippen LogP contribution in [-0.4, -0.2) is 12.1 Å². The number of halogens is 2. The zero-order chi connectivity index (χ0) is 13.7. The zero-order valence-corrected chi connectivity index (χ0v) is 10.6. The summed E-state index contributed by atoms with van der Waals surface area (Å²) in [6.45, 7) is 0. The van der Waals surface area contributed by atoms with Gasteiger partial charge in [0.1, 0.15) is 5.82 Å². The van der Waals surface area contributed by atoms with Gasteiger partial charge in [0.05, 0.1) is 6.21 Å². The highest BCUT2D eigenvalue weighted by Crippen LogP contribution is 2.07. The van der Waals surface area contributed by atoms with Crippen LogP contribution in [0.15, 0.2) is 53.6 Å². The van der Waals surface area contributed by atoms with Gasteiger partial charge in [0.2, 0.25) is 0 Å². The molecule has 96 valence electrons. The van der Waals surface area contributed by atoms with Gasteiger partial charge < -0.3 is 0 Å². The van der Waals surface area contributed by atoms with Crippen molar-refractivity contribution in [3.05, 3.63) is 70.5 Å². The van der Waals surface area contributed by atoms with Crippen molar-refractivity contribution in [2.45, 2.75) is 0 Å². The first-order valence-corrected chi connectivity index (χ1v) is 5.87. The Morgan fingerprint density at radius 2 is 1.74 bits per heavy atom. The SMILES string of the molecule is O=C(NN=Cc1ccc(Cl)cc1)c1ccc(F)cc1. The number of nitrogens with one attached hydrogen (secondary N) is 1. The second-order valence-corrected chi connectivity index (χ2v) is 4.19. The molecule has 2 rings (SSSR count). The predicted molar refractivity (Wildman–Crippen MR) is 72.9 cm³/mol. The molecular formula is C14H10ClFN2O. The third-order valence-corrected chi connectivity index (χ3v) is 2.61. The summed E-state index contributed by atoms with van der Waals surface area (Å²) in [6, 6.07) is 12.2. The Kier molecular flexibility index (Phi) is 4.26. The maximum Gasteiger partial charge on any atom is 0.271 e. The maximum atomic E-state index is 12.7. The first kappa shape index (κ1) is 13.2. The van der Waals surface area contributed by atoms with Crippen LogP contribution in [0.1, 0.15) is 15.9 Å². The zero-order valence-electron chi connectivity index (χ0n) is 9.81. The molecule has 0 aliphatic rings. The van der Waals surface area contributed by atoms with E-state index in [1.165, 1.54) is 30.5 Å². The highest BCUT2D eigenvalue weighted by molar-refractivity contribution is 6.30. The Hall–Kier alpha value is -2.20. The Balaban J connectivity index is 1.96. The second kappa shape index (κ2) is 6.11. The molecule has 0 aromatic heterocycles. The van der Waals surface area contributed by atoms with Gasteiger partial charge in [0.25, 0.3) is 5.91 Å². The molecule has 0 fully saturated rings. The second-order valence-electron chi connectivity index (χ2n) is 3.76. The molecule has 0 bridgehead atoms. The molecule has 5 heteroatoms. The number of hydrogen-bond donors (Lipinski definition) is 1. The molecule has 0 aliphatic carbocycles. The molecule has 1 amide bonds. The minimum absolute atomic E-state index is 0.342. The van der Waals surface area contributed by atoms with E-state index in [4.69, 9.17) is 11.6 Å². The highest BCUT2D eigenvalue weighted by Gasteiger charge is 2.03. The lowest BCUT2D eigenvalue weighted by Gasteiger charge is -1.99. The molecule has 0 atom stereocenters. The summed E-state index contributed by atoms with van der Waals surface area (Å²) < 4.78 is 12.7. The topological polar surface area (TPSA) is 41.5 Å². The van der Waals surface area contributed by atoms with Crippen molar-refractivity contribution in [3.8, 4) is 0 Å². The van der Waals surface area contributed by atoms with E-state index < -0.39 is 5.91 Å². The number of benzene rings is 2. The van der Waals surface area contributed by atoms with E-state index in [0.717, 1.165) is 5.56 Å². The van der Waals surface area contributed by atoms with Gasteiger partial charge in [-0.3, -0.25) is 4.79 Å². The molecule has 2 aromatic rings. The molecule has 1 N–H and O–H groups in total. The van der Waals surface area contributed by atoms with Crippen LogP contribution in [0.3, 0.4) is 0 Å². The average molecular weight is 277 g/mol. The van der Waals surface area contributed by atoms with Crippen LogP contribution in [0.5, 0.6) is 0 Å². The number of amides is 1. The molecule has 0 saturated heterocycles. The maximum absolute atomic E-state index is 12.7. The smallest absolute Gasteiger partial charge is 0.267 e. The fourth-order valence-corrected chi connectivity index (χ4v) is 1.51. The molecule has 0 saturated carbocycles. The Morgan fingerprint density at radius 1 is 1.11 bits per heavy atom. The van der Waals surface area contributed by atoms with Crippen LogP contribution in [-0.2, 0) is 0 Å². The van der Waals surface area contributed by atoms with Crippen molar-refractivity contribution in [1.29, 1.82) is 0 Å². The monoisotopic (exact) mass is 276 g/mol. The Labute approximate surface area is 114 Å². The van der Waals surface area contributed by atoms with E-state index >= 15 is 0 Å². The summed E-state index contributed by atoms with van der Waals surface area (Å²) in [7, 11) is 0. The van der Waals surface area contributed by atoms with Crippen LogP contribution in [0.25, 0.3) is 0 Å². The Morgan fingerprint density at radius 3 is 2.37 bits per heavy atom. The average Bonchev–Trinajstić information content (AvgIpc) is 2.41. The lowest BCUT2D eigenvalue weighted by atomic mass is 10.2. The van der Waals surface area contributed by atoms with Crippen LogP contribution < -0.4 is 5.43 Å². The van der Waals surface area contributed by atoms with E-state index in [2.05, 4.69) is 10.5 Å². The first-order chi connectivity index (χ1) is 9.15. The van der Waals surface area contributed by atoms with Crippen LogP contribution in [0.2, 0.25) is 5.02 Å². The van der Waals surface area contributed by atoms with Gasteiger partial charge in [-0.05, 0) is 42.0 Å². The largest absolute Gasteiger partial charge is 0.271 e. The lowest BCUT2D eigenvalue weighted by Crippen LogP contribution is -2.17. The minimum Gasteiger partial charge on any atom is -0.267 e. The van der Waals surface area contributed by atoms with Crippen LogP contribution in [0.4, 0.5) is 4.39 Å². The van der Waals surface area contributed by atoms with E-state index in [1.807, 2.05) is 0 Å².